The lowest BCUT2D eigenvalue weighted by molar-refractivity contribution is 0.102. The van der Waals surface area contributed by atoms with Gasteiger partial charge in [-0.1, -0.05) is 11.6 Å². The van der Waals surface area contributed by atoms with Crippen LogP contribution in [0.1, 0.15) is 16.2 Å². The molecule has 5 nitrogen and oxygen atoms in total. The number of aromatic hydroxyl groups is 1. The van der Waals surface area contributed by atoms with Crippen LogP contribution in [0.4, 0.5) is 5.69 Å². The second-order valence-corrected chi connectivity index (χ2v) is 4.97. The SMILES string of the molecule is Cc1nc2ccc(NC(=O)c3cc(Cl)ccc3O)cc2o1. The summed E-state index contributed by atoms with van der Waals surface area (Å²) in [5.74, 6) is -0.0277. The molecule has 3 aromatic rings. The van der Waals surface area contributed by atoms with E-state index < -0.39 is 5.91 Å². The molecule has 1 heterocycles. The maximum absolute atomic E-state index is 12.2. The standard InChI is InChI=1S/C15H11ClN2O3/c1-8-17-12-4-3-10(7-14(12)21-8)18-15(20)11-6-9(16)2-5-13(11)19/h2-7,19H,1H3,(H,18,20). The molecule has 6 heteroatoms. The van der Waals surface area contributed by atoms with Crippen molar-refractivity contribution in [2.45, 2.75) is 6.92 Å². The van der Waals surface area contributed by atoms with Gasteiger partial charge in [0.25, 0.3) is 5.91 Å². The van der Waals surface area contributed by atoms with E-state index in [4.69, 9.17) is 16.0 Å². The van der Waals surface area contributed by atoms with E-state index in [2.05, 4.69) is 10.3 Å². The molecule has 106 valence electrons. The van der Waals surface area contributed by atoms with Crippen LogP contribution in [0.25, 0.3) is 11.1 Å². The average Bonchev–Trinajstić information content (AvgIpc) is 2.80. The molecule has 0 saturated carbocycles. The van der Waals surface area contributed by atoms with E-state index in [1.165, 1.54) is 18.2 Å². The fraction of sp³-hybridized carbons (Fsp3) is 0.0667. The summed E-state index contributed by atoms with van der Waals surface area (Å²) >= 11 is 5.83. The molecule has 0 spiro atoms. The Hall–Kier alpha value is -2.53. The van der Waals surface area contributed by atoms with Crippen molar-refractivity contribution in [3.8, 4) is 5.75 Å². The van der Waals surface area contributed by atoms with Gasteiger partial charge in [-0.15, -0.1) is 0 Å². The topological polar surface area (TPSA) is 75.4 Å². The highest BCUT2D eigenvalue weighted by atomic mass is 35.5. The van der Waals surface area contributed by atoms with Crippen LogP contribution in [0.15, 0.2) is 40.8 Å². The van der Waals surface area contributed by atoms with Gasteiger partial charge < -0.3 is 14.8 Å². The number of phenols is 1. The number of nitrogens with one attached hydrogen (secondary N) is 1. The number of aromatic nitrogens is 1. The zero-order valence-corrected chi connectivity index (χ0v) is 11.8. The summed E-state index contributed by atoms with van der Waals surface area (Å²) < 4.78 is 5.41. The molecule has 0 aliphatic rings. The number of carbonyl (C=O) groups excluding carboxylic acids is 1. The van der Waals surface area contributed by atoms with Gasteiger partial charge in [-0.25, -0.2) is 4.98 Å². The number of anilines is 1. The van der Waals surface area contributed by atoms with E-state index >= 15 is 0 Å². The Bertz CT molecular complexity index is 842. The zero-order chi connectivity index (χ0) is 15.0. The molecule has 0 radical (unpaired) electrons. The normalized spacial score (nSPS) is 10.8. The summed E-state index contributed by atoms with van der Waals surface area (Å²) in [5.41, 5.74) is 1.95. The Labute approximate surface area is 125 Å². The summed E-state index contributed by atoms with van der Waals surface area (Å²) in [6, 6.07) is 9.43. The Kier molecular flexibility index (Phi) is 3.27. The van der Waals surface area contributed by atoms with Crippen molar-refractivity contribution in [1.82, 2.24) is 4.98 Å². The molecule has 2 aromatic carbocycles. The van der Waals surface area contributed by atoms with Crippen molar-refractivity contribution in [2.24, 2.45) is 0 Å². The summed E-state index contributed by atoms with van der Waals surface area (Å²) in [5, 5.41) is 12.8. The minimum absolute atomic E-state index is 0.108. The van der Waals surface area contributed by atoms with Crippen LogP contribution in [0.5, 0.6) is 5.75 Å². The number of nitrogens with zero attached hydrogens (tertiary/aromatic N) is 1. The Morgan fingerprint density at radius 3 is 2.90 bits per heavy atom. The van der Waals surface area contributed by atoms with Crippen LogP contribution < -0.4 is 5.32 Å². The van der Waals surface area contributed by atoms with Gasteiger partial charge in [0.2, 0.25) is 0 Å². The van der Waals surface area contributed by atoms with Gasteiger partial charge in [0.1, 0.15) is 11.3 Å². The molecule has 2 N–H and O–H groups in total. The first-order chi connectivity index (χ1) is 10.0. The minimum Gasteiger partial charge on any atom is -0.507 e. The van der Waals surface area contributed by atoms with Crippen LogP contribution in [-0.2, 0) is 0 Å². The summed E-state index contributed by atoms with van der Waals surface area (Å²) in [7, 11) is 0. The zero-order valence-electron chi connectivity index (χ0n) is 11.1. The third-order valence-electron chi connectivity index (χ3n) is 2.96. The minimum atomic E-state index is -0.453. The third-order valence-corrected chi connectivity index (χ3v) is 3.19. The summed E-state index contributed by atoms with van der Waals surface area (Å²) in [6.07, 6.45) is 0. The molecule has 3 rings (SSSR count). The second kappa shape index (κ2) is 5.10. The molecule has 0 atom stereocenters. The van der Waals surface area contributed by atoms with Gasteiger partial charge in [0.05, 0.1) is 5.56 Å². The number of hydrogen-bond donors (Lipinski definition) is 2. The molecular weight excluding hydrogens is 292 g/mol. The number of phenolic OH excluding ortho intramolecular Hbond substituents is 1. The van der Waals surface area contributed by atoms with Crippen molar-refractivity contribution in [3.05, 3.63) is 52.9 Å². The van der Waals surface area contributed by atoms with Crippen molar-refractivity contribution in [3.63, 3.8) is 0 Å². The average molecular weight is 303 g/mol. The number of oxazole rings is 1. The molecule has 0 aliphatic carbocycles. The largest absolute Gasteiger partial charge is 0.507 e. The van der Waals surface area contributed by atoms with E-state index in [0.717, 1.165) is 5.52 Å². The molecule has 1 aromatic heterocycles. The van der Waals surface area contributed by atoms with E-state index in [1.54, 1.807) is 25.1 Å². The highest BCUT2D eigenvalue weighted by Crippen LogP contribution is 2.24. The van der Waals surface area contributed by atoms with Crippen LogP contribution in [0, 0.1) is 6.92 Å². The first kappa shape index (κ1) is 13.5. The quantitative estimate of drug-likeness (QED) is 0.756. The number of fused-ring (bicyclic) bond motifs is 1. The molecule has 21 heavy (non-hydrogen) atoms. The number of amides is 1. The number of carbonyl (C=O) groups is 1. The van der Waals surface area contributed by atoms with E-state index in [-0.39, 0.29) is 11.3 Å². The van der Waals surface area contributed by atoms with Gasteiger partial charge in [-0.05, 0) is 30.3 Å². The van der Waals surface area contributed by atoms with Crippen molar-refractivity contribution >= 4 is 34.3 Å². The van der Waals surface area contributed by atoms with Gasteiger partial charge >= 0.3 is 0 Å². The maximum atomic E-state index is 12.2. The Morgan fingerprint density at radius 2 is 2.10 bits per heavy atom. The predicted octanol–water partition coefficient (Wildman–Crippen LogP) is 3.75. The van der Waals surface area contributed by atoms with Gasteiger partial charge in [0, 0.05) is 23.7 Å². The molecule has 0 bridgehead atoms. The smallest absolute Gasteiger partial charge is 0.259 e. The fourth-order valence-electron chi connectivity index (χ4n) is 2.01. The number of halogens is 1. The molecule has 0 unspecified atom stereocenters. The Morgan fingerprint density at radius 1 is 1.29 bits per heavy atom. The highest BCUT2D eigenvalue weighted by molar-refractivity contribution is 6.31. The van der Waals surface area contributed by atoms with Gasteiger partial charge in [-0.3, -0.25) is 4.79 Å². The summed E-state index contributed by atoms with van der Waals surface area (Å²) in [4.78, 5) is 16.3. The van der Waals surface area contributed by atoms with E-state index in [9.17, 15) is 9.90 Å². The number of aryl methyl sites for hydroxylation is 1. The molecular formula is C15H11ClN2O3. The predicted molar refractivity (Wildman–Crippen MR) is 79.8 cm³/mol. The van der Waals surface area contributed by atoms with Crippen LogP contribution in [-0.4, -0.2) is 16.0 Å². The molecule has 1 amide bonds. The monoisotopic (exact) mass is 302 g/mol. The fourth-order valence-corrected chi connectivity index (χ4v) is 2.18. The van der Waals surface area contributed by atoms with E-state index in [1.807, 2.05) is 0 Å². The lowest BCUT2D eigenvalue weighted by Crippen LogP contribution is -2.12. The van der Waals surface area contributed by atoms with E-state index in [0.29, 0.717) is 22.2 Å². The van der Waals surface area contributed by atoms with Gasteiger partial charge in [-0.2, -0.15) is 0 Å². The lowest BCUT2D eigenvalue weighted by Gasteiger charge is -2.07. The van der Waals surface area contributed by atoms with Gasteiger partial charge in [0.15, 0.2) is 11.5 Å². The number of benzene rings is 2. The highest BCUT2D eigenvalue weighted by Gasteiger charge is 2.13. The van der Waals surface area contributed by atoms with Crippen molar-refractivity contribution < 1.29 is 14.3 Å². The first-order valence-electron chi connectivity index (χ1n) is 6.20. The van der Waals surface area contributed by atoms with Crippen molar-refractivity contribution in [2.75, 3.05) is 5.32 Å². The van der Waals surface area contributed by atoms with Crippen molar-refractivity contribution in [1.29, 1.82) is 0 Å². The number of hydrogen-bond acceptors (Lipinski definition) is 4. The van der Waals surface area contributed by atoms with Crippen LogP contribution >= 0.6 is 11.6 Å². The first-order valence-corrected chi connectivity index (χ1v) is 6.58. The number of rotatable bonds is 2. The molecule has 0 fully saturated rings. The summed E-state index contributed by atoms with van der Waals surface area (Å²) in [6.45, 7) is 1.75. The maximum Gasteiger partial charge on any atom is 0.259 e. The van der Waals surface area contributed by atoms with Crippen LogP contribution in [0.2, 0.25) is 5.02 Å². The Balaban J connectivity index is 1.90. The third kappa shape index (κ3) is 2.68. The van der Waals surface area contributed by atoms with Crippen LogP contribution in [0.3, 0.4) is 0 Å². The lowest BCUT2D eigenvalue weighted by atomic mass is 10.2. The molecule has 0 saturated heterocycles. The second-order valence-electron chi connectivity index (χ2n) is 4.53. The molecule has 0 aliphatic heterocycles.